The van der Waals surface area contributed by atoms with Crippen molar-refractivity contribution in [3.05, 3.63) is 23.2 Å². The molecule has 6 heteroatoms. The summed E-state index contributed by atoms with van der Waals surface area (Å²) in [4.78, 5) is 12.7. The summed E-state index contributed by atoms with van der Waals surface area (Å²) in [6.07, 6.45) is 0.804. The highest BCUT2D eigenvalue weighted by Gasteiger charge is 2.15. The van der Waals surface area contributed by atoms with Crippen molar-refractivity contribution in [2.75, 3.05) is 26.0 Å². The Bertz CT molecular complexity index is 429. The second-order valence-corrected chi connectivity index (χ2v) is 5.90. The molecule has 3 N–H and O–H groups in total. The second kappa shape index (κ2) is 8.30. The topological polar surface area (TPSA) is 64.3 Å². The molecule has 106 valence electrons. The van der Waals surface area contributed by atoms with E-state index in [2.05, 4.69) is 5.32 Å². The maximum atomic E-state index is 11.9. The zero-order chi connectivity index (χ0) is 14.3. The molecule has 0 saturated heterocycles. The Balaban J connectivity index is 2.47. The number of carbonyl (C=O) groups excluding carboxylic acids is 1. The van der Waals surface area contributed by atoms with Crippen LogP contribution in [0.3, 0.4) is 0 Å². The Labute approximate surface area is 123 Å². The van der Waals surface area contributed by atoms with Gasteiger partial charge in [0.2, 0.25) is 5.91 Å². The molecule has 1 amide bonds. The molecule has 0 aliphatic carbocycles. The minimum absolute atomic E-state index is 0.0134. The molecular formula is C13H19ClN2O2S. The predicted molar refractivity (Wildman–Crippen MR) is 80.7 cm³/mol. The van der Waals surface area contributed by atoms with E-state index in [9.17, 15) is 4.79 Å². The Morgan fingerprint density at radius 1 is 1.58 bits per heavy atom. The maximum Gasteiger partial charge on any atom is 0.233 e. The number of anilines is 1. The minimum Gasteiger partial charge on any atom is -0.398 e. The van der Waals surface area contributed by atoms with Crippen molar-refractivity contribution in [1.29, 1.82) is 0 Å². The highest BCUT2D eigenvalue weighted by Crippen LogP contribution is 2.31. The summed E-state index contributed by atoms with van der Waals surface area (Å²) in [5.74, 6) is -0.0134. The summed E-state index contributed by atoms with van der Waals surface area (Å²) in [5, 5.41) is 3.25. The van der Waals surface area contributed by atoms with Crippen LogP contribution in [-0.4, -0.2) is 31.4 Å². The maximum absolute atomic E-state index is 11.9. The molecule has 1 rings (SSSR count). The van der Waals surface area contributed by atoms with Crippen LogP contribution in [0.15, 0.2) is 23.1 Å². The second-order valence-electron chi connectivity index (χ2n) is 4.08. The van der Waals surface area contributed by atoms with Crippen molar-refractivity contribution < 1.29 is 9.53 Å². The molecule has 0 radical (unpaired) electrons. The van der Waals surface area contributed by atoms with Gasteiger partial charge >= 0.3 is 0 Å². The number of thioether (sulfide) groups is 1. The fourth-order valence-electron chi connectivity index (χ4n) is 1.43. The number of methoxy groups -OCH3 is 1. The van der Waals surface area contributed by atoms with E-state index < -0.39 is 0 Å². The lowest BCUT2D eigenvalue weighted by Gasteiger charge is -2.13. The Morgan fingerprint density at radius 3 is 3.00 bits per heavy atom. The zero-order valence-electron chi connectivity index (χ0n) is 11.1. The summed E-state index contributed by atoms with van der Waals surface area (Å²) in [6, 6.07) is 5.25. The van der Waals surface area contributed by atoms with Gasteiger partial charge in [-0.2, -0.15) is 0 Å². The molecule has 0 saturated carbocycles. The number of halogens is 1. The summed E-state index contributed by atoms with van der Waals surface area (Å²) in [7, 11) is 1.64. The normalized spacial score (nSPS) is 12.2. The molecular weight excluding hydrogens is 284 g/mol. The highest BCUT2D eigenvalue weighted by atomic mass is 35.5. The molecule has 0 spiro atoms. The van der Waals surface area contributed by atoms with E-state index in [1.807, 2.05) is 6.92 Å². The molecule has 1 aromatic carbocycles. The molecule has 1 aromatic rings. The smallest absolute Gasteiger partial charge is 0.233 e. The van der Waals surface area contributed by atoms with Crippen LogP contribution in [0.1, 0.15) is 13.3 Å². The van der Waals surface area contributed by atoms with Gasteiger partial charge in [0.15, 0.2) is 0 Å². The highest BCUT2D eigenvalue weighted by molar-refractivity contribution is 8.00. The third kappa shape index (κ3) is 5.72. The van der Waals surface area contributed by atoms with Crippen LogP contribution >= 0.6 is 23.4 Å². The average Bonchev–Trinajstić information content (AvgIpc) is 2.38. The van der Waals surface area contributed by atoms with Crippen LogP contribution in [-0.2, 0) is 9.53 Å². The van der Waals surface area contributed by atoms with Crippen molar-refractivity contribution in [1.82, 2.24) is 5.32 Å². The predicted octanol–water partition coefficient (Wildman–Crippen LogP) is 2.56. The first-order chi connectivity index (χ1) is 9.04. The SMILES string of the molecule is COCCCNC(=O)C(C)Sc1cc(Cl)ccc1N. The number of rotatable bonds is 7. The number of nitrogen functional groups attached to an aromatic ring is 1. The van der Waals surface area contributed by atoms with Crippen molar-refractivity contribution in [2.24, 2.45) is 0 Å². The number of carbonyl (C=O) groups is 1. The summed E-state index contributed by atoms with van der Waals surface area (Å²) in [6.45, 7) is 3.10. The Morgan fingerprint density at radius 2 is 2.32 bits per heavy atom. The van der Waals surface area contributed by atoms with E-state index in [-0.39, 0.29) is 11.2 Å². The van der Waals surface area contributed by atoms with Gasteiger partial charge in [0.05, 0.1) is 5.25 Å². The van der Waals surface area contributed by atoms with Crippen molar-refractivity contribution in [3.8, 4) is 0 Å². The molecule has 1 unspecified atom stereocenters. The van der Waals surface area contributed by atoms with Gasteiger partial charge in [-0.3, -0.25) is 4.79 Å². The third-order valence-corrected chi connectivity index (χ3v) is 3.88. The monoisotopic (exact) mass is 302 g/mol. The lowest BCUT2D eigenvalue weighted by molar-refractivity contribution is -0.120. The molecule has 0 aliphatic heterocycles. The first kappa shape index (κ1) is 16.1. The van der Waals surface area contributed by atoms with E-state index in [0.717, 1.165) is 11.3 Å². The lowest BCUT2D eigenvalue weighted by Crippen LogP contribution is -2.32. The summed E-state index contributed by atoms with van der Waals surface area (Å²) < 4.78 is 4.92. The fourth-order valence-corrected chi connectivity index (χ4v) is 2.63. The number of hydrogen-bond donors (Lipinski definition) is 2. The fraction of sp³-hybridized carbons (Fsp3) is 0.462. The quantitative estimate of drug-likeness (QED) is 0.461. The minimum atomic E-state index is -0.219. The molecule has 4 nitrogen and oxygen atoms in total. The summed E-state index contributed by atoms with van der Waals surface area (Å²) in [5.41, 5.74) is 6.48. The zero-order valence-corrected chi connectivity index (χ0v) is 12.7. The standard InChI is InChI=1S/C13H19ClN2O2S/c1-9(13(17)16-6-3-7-18-2)19-12-8-10(14)4-5-11(12)15/h4-5,8-9H,3,6-7,15H2,1-2H3,(H,16,17). The van der Waals surface area contributed by atoms with E-state index in [0.29, 0.717) is 23.9 Å². The van der Waals surface area contributed by atoms with Gasteiger partial charge in [-0.25, -0.2) is 0 Å². The molecule has 0 aliphatic rings. The van der Waals surface area contributed by atoms with Crippen LogP contribution in [0.4, 0.5) is 5.69 Å². The van der Waals surface area contributed by atoms with Gasteiger partial charge in [0.25, 0.3) is 0 Å². The van der Waals surface area contributed by atoms with Crippen molar-refractivity contribution >= 4 is 35.0 Å². The number of amides is 1. The number of benzene rings is 1. The number of ether oxygens (including phenoxy) is 1. The van der Waals surface area contributed by atoms with Crippen LogP contribution in [0, 0.1) is 0 Å². The Kier molecular flexibility index (Phi) is 7.05. The number of nitrogens with one attached hydrogen (secondary N) is 1. The number of nitrogens with two attached hydrogens (primary N) is 1. The van der Waals surface area contributed by atoms with Gasteiger partial charge in [-0.05, 0) is 31.5 Å². The van der Waals surface area contributed by atoms with Gasteiger partial charge in [0, 0.05) is 35.9 Å². The van der Waals surface area contributed by atoms with E-state index >= 15 is 0 Å². The van der Waals surface area contributed by atoms with Crippen LogP contribution < -0.4 is 11.1 Å². The number of hydrogen-bond acceptors (Lipinski definition) is 4. The average molecular weight is 303 g/mol. The van der Waals surface area contributed by atoms with Crippen LogP contribution in [0.2, 0.25) is 5.02 Å². The van der Waals surface area contributed by atoms with Crippen LogP contribution in [0.25, 0.3) is 0 Å². The molecule has 0 fully saturated rings. The van der Waals surface area contributed by atoms with E-state index in [1.54, 1.807) is 25.3 Å². The summed E-state index contributed by atoms with van der Waals surface area (Å²) >= 11 is 7.32. The van der Waals surface area contributed by atoms with Gasteiger partial charge in [0.1, 0.15) is 0 Å². The largest absolute Gasteiger partial charge is 0.398 e. The first-order valence-electron chi connectivity index (χ1n) is 6.03. The van der Waals surface area contributed by atoms with Gasteiger partial charge < -0.3 is 15.8 Å². The van der Waals surface area contributed by atoms with Gasteiger partial charge in [-0.1, -0.05) is 11.6 Å². The van der Waals surface area contributed by atoms with Crippen molar-refractivity contribution in [3.63, 3.8) is 0 Å². The molecule has 1 atom stereocenters. The Hall–Kier alpha value is -0.910. The molecule has 0 aromatic heterocycles. The molecule has 0 heterocycles. The van der Waals surface area contributed by atoms with Gasteiger partial charge in [-0.15, -0.1) is 11.8 Å². The van der Waals surface area contributed by atoms with E-state index in [4.69, 9.17) is 22.1 Å². The molecule has 0 bridgehead atoms. The lowest BCUT2D eigenvalue weighted by atomic mass is 10.3. The third-order valence-electron chi connectivity index (χ3n) is 2.47. The van der Waals surface area contributed by atoms with Crippen molar-refractivity contribution in [2.45, 2.75) is 23.5 Å². The molecule has 19 heavy (non-hydrogen) atoms. The first-order valence-corrected chi connectivity index (χ1v) is 7.28. The van der Waals surface area contributed by atoms with E-state index in [1.165, 1.54) is 11.8 Å². The van der Waals surface area contributed by atoms with Crippen LogP contribution in [0.5, 0.6) is 0 Å².